The molecule has 34 heavy (non-hydrogen) atoms. The van der Waals surface area contributed by atoms with Gasteiger partial charge in [0.2, 0.25) is 5.91 Å². The molecule has 2 N–H and O–H groups in total. The van der Waals surface area contributed by atoms with Gasteiger partial charge in [-0.2, -0.15) is 0 Å². The summed E-state index contributed by atoms with van der Waals surface area (Å²) in [7, 11) is 1.58. The highest BCUT2D eigenvalue weighted by atomic mass is 32.2. The highest BCUT2D eigenvalue weighted by Gasteiger charge is 2.17. The van der Waals surface area contributed by atoms with Crippen LogP contribution in [0.4, 0.5) is 11.4 Å². The van der Waals surface area contributed by atoms with Gasteiger partial charge in [-0.1, -0.05) is 60.3 Å². The number of carbonyl (C=O) groups is 1. The molecule has 0 bridgehead atoms. The van der Waals surface area contributed by atoms with Crippen LogP contribution in [0.5, 0.6) is 5.75 Å². The first-order valence-corrected chi connectivity index (χ1v) is 11.9. The molecule has 0 unspecified atom stereocenters. The van der Waals surface area contributed by atoms with Gasteiger partial charge >= 0.3 is 0 Å². The molecule has 7 nitrogen and oxygen atoms in total. The molecular formula is C26H27N5O2S. The van der Waals surface area contributed by atoms with Crippen molar-refractivity contribution in [3.05, 3.63) is 89.7 Å². The quantitative estimate of drug-likeness (QED) is 0.324. The molecule has 0 aliphatic rings. The van der Waals surface area contributed by atoms with Gasteiger partial charge in [0.05, 0.1) is 25.1 Å². The third-order valence-electron chi connectivity index (χ3n) is 5.33. The number of aromatic nitrogens is 3. The number of hydrogen-bond acceptors (Lipinski definition) is 6. The van der Waals surface area contributed by atoms with Gasteiger partial charge in [0.15, 0.2) is 11.0 Å². The van der Waals surface area contributed by atoms with E-state index in [1.807, 2.05) is 65.2 Å². The number of benzene rings is 3. The lowest BCUT2D eigenvalue weighted by Gasteiger charge is -2.14. The number of nitrogens with one attached hydrogen (secondary N) is 2. The number of rotatable bonds is 9. The average molecular weight is 474 g/mol. The summed E-state index contributed by atoms with van der Waals surface area (Å²) in [5, 5.41) is 15.9. The predicted octanol–water partition coefficient (Wildman–Crippen LogP) is 5.24. The maximum atomic E-state index is 12.6. The third kappa shape index (κ3) is 5.40. The van der Waals surface area contributed by atoms with Crippen LogP contribution in [-0.2, 0) is 11.3 Å². The Morgan fingerprint density at radius 1 is 0.941 bits per heavy atom. The zero-order chi connectivity index (χ0) is 23.9. The first kappa shape index (κ1) is 23.4. The molecule has 3 aromatic carbocycles. The Bertz CT molecular complexity index is 1250. The number of thioether (sulfide) groups is 1. The van der Waals surface area contributed by atoms with Crippen molar-refractivity contribution in [2.75, 3.05) is 23.5 Å². The summed E-state index contributed by atoms with van der Waals surface area (Å²) >= 11 is 1.34. The van der Waals surface area contributed by atoms with Crippen molar-refractivity contribution in [1.82, 2.24) is 14.8 Å². The fraction of sp³-hybridized carbons (Fsp3) is 0.192. The summed E-state index contributed by atoms with van der Waals surface area (Å²) in [6.07, 6.45) is 0. The Kier molecular flexibility index (Phi) is 7.49. The Hall–Kier alpha value is -3.78. The molecule has 1 amide bonds. The summed E-state index contributed by atoms with van der Waals surface area (Å²) in [4.78, 5) is 12.6. The molecule has 0 radical (unpaired) electrons. The lowest BCUT2D eigenvalue weighted by molar-refractivity contribution is -0.113. The number of hydrogen-bond donors (Lipinski definition) is 2. The molecule has 4 rings (SSSR count). The minimum atomic E-state index is -0.146. The number of para-hydroxylation sites is 4. The van der Waals surface area contributed by atoms with E-state index < -0.39 is 0 Å². The van der Waals surface area contributed by atoms with Crippen LogP contribution < -0.4 is 15.4 Å². The third-order valence-corrected chi connectivity index (χ3v) is 6.26. The van der Waals surface area contributed by atoms with Gasteiger partial charge < -0.3 is 15.4 Å². The van der Waals surface area contributed by atoms with E-state index >= 15 is 0 Å². The molecule has 0 atom stereocenters. The van der Waals surface area contributed by atoms with Crippen LogP contribution in [0.15, 0.2) is 78.0 Å². The molecule has 1 heterocycles. The molecule has 4 aromatic rings. The SMILES string of the molecule is COc1ccccc1NC(=O)CSc1nnc(CNc2c(C)cccc2C)n1-c1ccccc1. The second-order valence-electron chi connectivity index (χ2n) is 7.73. The number of anilines is 2. The van der Waals surface area contributed by atoms with E-state index in [2.05, 4.69) is 46.8 Å². The Labute approximate surface area is 203 Å². The van der Waals surface area contributed by atoms with Crippen LogP contribution in [0.2, 0.25) is 0 Å². The maximum Gasteiger partial charge on any atom is 0.234 e. The van der Waals surface area contributed by atoms with Gasteiger partial charge in [-0.25, -0.2) is 0 Å². The summed E-state index contributed by atoms with van der Waals surface area (Å²) in [5.74, 6) is 1.43. The molecule has 8 heteroatoms. The molecule has 0 spiro atoms. The molecule has 0 saturated heterocycles. The molecule has 174 valence electrons. The zero-order valence-corrected chi connectivity index (χ0v) is 20.2. The van der Waals surface area contributed by atoms with Gasteiger partial charge in [-0.3, -0.25) is 9.36 Å². The topological polar surface area (TPSA) is 81.1 Å². The van der Waals surface area contributed by atoms with Gasteiger partial charge in [-0.15, -0.1) is 10.2 Å². The number of amides is 1. The fourth-order valence-corrected chi connectivity index (χ4v) is 4.44. The average Bonchev–Trinajstić information content (AvgIpc) is 3.26. The Balaban J connectivity index is 1.52. The van der Waals surface area contributed by atoms with E-state index in [4.69, 9.17) is 4.74 Å². The van der Waals surface area contributed by atoms with Crippen molar-refractivity contribution < 1.29 is 9.53 Å². The first-order chi connectivity index (χ1) is 16.6. The van der Waals surface area contributed by atoms with Gasteiger partial charge in [0.1, 0.15) is 5.75 Å². The Morgan fingerprint density at radius 2 is 1.65 bits per heavy atom. The van der Waals surface area contributed by atoms with Crippen LogP contribution in [0, 0.1) is 13.8 Å². The van der Waals surface area contributed by atoms with Gasteiger partial charge in [0, 0.05) is 11.4 Å². The standard InChI is InChI=1S/C26H27N5O2S/c1-18-10-9-11-19(2)25(18)27-16-23-29-30-26(31(23)20-12-5-4-6-13-20)34-17-24(32)28-21-14-7-8-15-22(21)33-3/h4-15,27H,16-17H2,1-3H3,(H,28,32). The smallest absolute Gasteiger partial charge is 0.234 e. The number of methoxy groups -OCH3 is 1. The number of aryl methyl sites for hydroxylation is 2. The monoisotopic (exact) mass is 473 g/mol. The van der Waals surface area contributed by atoms with E-state index in [9.17, 15) is 4.79 Å². The molecule has 1 aromatic heterocycles. The van der Waals surface area contributed by atoms with E-state index in [1.54, 1.807) is 7.11 Å². The highest BCUT2D eigenvalue weighted by Crippen LogP contribution is 2.26. The van der Waals surface area contributed by atoms with E-state index in [0.717, 1.165) is 17.2 Å². The maximum absolute atomic E-state index is 12.6. The van der Waals surface area contributed by atoms with Gasteiger partial charge in [-0.05, 0) is 49.2 Å². The van der Waals surface area contributed by atoms with Crippen molar-refractivity contribution in [3.63, 3.8) is 0 Å². The van der Waals surface area contributed by atoms with Crippen molar-refractivity contribution in [2.45, 2.75) is 25.5 Å². The van der Waals surface area contributed by atoms with E-state index in [0.29, 0.717) is 23.1 Å². The molecule has 0 fully saturated rings. The summed E-state index contributed by atoms with van der Waals surface area (Å²) in [6, 6.07) is 23.5. The minimum Gasteiger partial charge on any atom is -0.495 e. The number of carbonyl (C=O) groups excluding carboxylic acids is 1. The summed E-state index contributed by atoms with van der Waals surface area (Å²) in [6.45, 7) is 4.67. The lowest BCUT2D eigenvalue weighted by Crippen LogP contribution is -2.15. The van der Waals surface area contributed by atoms with Crippen LogP contribution in [-0.4, -0.2) is 33.5 Å². The van der Waals surface area contributed by atoms with Crippen molar-refractivity contribution >= 4 is 29.0 Å². The molecule has 0 aliphatic carbocycles. The van der Waals surface area contributed by atoms with Crippen molar-refractivity contribution in [1.29, 1.82) is 0 Å². The first-order valence-electron chi connectivity index (χ1n) is 10.9. The second kappa shape index (κ2) is 10.9. The second-order valence-corrected chi connectivity index (χ2v) is 8.67. The summed E-state index contributed by atoms with van der Waals surface area (Å²) in [5.41, 5.74) is 5.02. The zero-order valence-electron chi connectivity index (χ0n) is 19.4. The van der Waals surface area contributed by atoms with Crippen LogP contribution in [0.3, 0.4) is 0 Å². The highest BCUT2D eigenvalue weighted by molar-refractivity contribution is 7.99. The number of nitrogens with zero attached hydrogens (tertiary/aromatic N) is 3. The minimum absolute atomic E-state index is 0.146. The lowest BCUT2D eigenvalue weighted by atomic mass is 10.1. The van der Waals surface area contributed by atoms with Crippen LogP contribution in [0.25, 0.3) is 5.69 Å². The van der Waals surface area contributed by atoms with Crippen LogP contribution in [0.1, 0.15) is 17.0 Å². The fourth-order valence-electron chi connectivity index (χ4n) is 3.67. The molecular weight excluding hydrogens is 446 g/mol. The predicted molar refractivity (Wildman–Crippen MR) is 137 cm³/mol. The van der Waals surface area contributed by atoms with Crippen molar-refractivity contribution in [2.24, 2.45) is 0 Å². The molecule has 0 saturated carbocycles. The summed E-state index contributed by atoms with van der Waals surface area (Å²) < 4.78 is 7.30. The van der Waals surface area contributed by atoms with Gasteiger partial charge in [0.25, 0.3) is 0 Å². The van der Waals surface area contributed by atoms with E-state index in [1.165, 1.54) is 22.9 Å². The Morgan fingerprint density at radius 3 is 2.38 bits per heavy atom. The van der Waals surface area contributed by atoms with Crippen molar-refractivity contribution in [3.8, 4) is 11.4 Å². The number of ether oxygens (including phenoxy) is 1. The van der Waals surface area contributed by atoms with E-state index in [-0.39, 0.29) is 11.7 Å². The normalized spacial score (nSPS) is 10.7. The largest absolute Gasteiger partial charge is 0.495 e. The molecule has 0 aliphatic heterocycles. The van der Waals surface area contributed by atoms with Crippen LogP contribution >= 0.6 is 11.8 Å².